The minimum absolute atomic E-state index is 0.0779. The van der Waals surface area contributed by atoms with Crippen LogP contribution < -0.4 is 10.6 Å². The Morgan fingerprint density at radius 3 is 2.42 bits per heavy atom. The zero-order chi connectivity index (χ0) is 13.6. The number of aryl methyl sites for hydroxylation is 3. The quantitative estimate of drug-likeness (QED) is 0.848. The van der Waals surface area contributed by atoms with E-state index in [-0.39, 0.29) is 12.1 Å². The second-order valence-corrected chi connectivity index (χ2v) is 5.76. The number of amides is 2. The highest BCUT2D eigenvalue weighted by Crippen LogP contribution is 2.27. The molecule has 2 saturated heterocycles. The van der Waals surface area contributed by atoms with Crippen molar-refractivity contribution in [1.82, 2.24) is 15.5 Å². The van der Waals surface area contributed by atoms with Gasteiger partial charge in [0.2, 0.25) is 0 Å². The normalized spacial score (nSPS) is 23.4. The molecular formula is C15H21N3O. The Bertz CT molecular complexity index is 522. The van der Waals surface area contributed by atoms with Crippen molar-refractivity contribution in [2.75, 3.05) is 19.6 Å². The molecule has 0 radical (unpaired) electrons. The second kappa shape index (κ2) is 4.53. The van der Waals surface area contributed by atoms with Crippen LogP contribution in [0.2, 0.25) is 0 Å². The van der Waals surface area contributed by atoms with E-state index in [1.165, 1.54) is 22.3 Å². The third-order valence-corrected chi connectivity index (χ3v) is 4.40. The molecule has 0 bridgehead atoms. The van der Waals surface area contributed by atoms with E-state index in [1.807, 2.05) is 4.90 Å². The van der Waals surface area contributed by atoms with Crippen molar-refractivity contribution >= 4 is 6.03 Å². The van der Waals surface area contributed by atoms with Crippen LogP contribution in [-0.4, -0.2) is 36.6 Å². The Labute approximate surface area is 114 Å². The maximum Gasteiger partial charge on any atom is 0.318 e. The molecule has 0 aromatic heterocycles. The van der Waals surface area contributed by atoms with Crippen molar-refractivity contribution < 1.29 is 4.79 Å². The van der Waals surface area contributed by atoms with Gasteiger partial charge in [-0.15, -0.1) is 0 Å². The molecule has 1 aromatic carbocycles. The lowest BCUT2D eigenvalue weighted by atomic mass is 9.96. The van der Waals surface area contributed by atoms with Gasteiger partial charge in [0.15, 0.2) is 0 Å². The summed E-state index contributed by atoms with van der Waals surface area (Å²) in [5.41, 5.74) is 5.12. The highest BCUT2D eigenvalue weighted by molar-refractivity contribution is 5.78. The minimum atomic E-state index is 0.0779. The lowest BCUT2D eigenvalue weighted by molar-refractivity contribution is 0.172. The molecule has 0 saturated carbocycles. The topological polar surface area (TPSA) is 44.4 Å². The summed E-state index contributed by atoms with van der Waals surface area (Å²) in [6.07, 6.45) is 0. The molecule has 2 heterocycles. The number of carbonyl (C=O) groups excluding carboxylic acids is 1. The van der Waals surface area contributed by atoms with E-state index in [1.54, 1.807) is 0 Å². The van der Waals surface area contributed by atoms with Crippen molar-refractivity contribution in [1.29, 1.82) is 0 Å². The van der Waals surface area contributed by atoms with Crippen molar-refractivity contribution in [2.45, 2.75) is 32.9 Å². The lowest BCUT2D eigenvalue weighted by Gasteiger charge is -2.34. The minimum Gasteiger partial charge on any atom is -0.329 e. The molecule has 2 fully saturated rings. The Balaban J connectivity index is 1.84. The summed E-state index contributed by atoms with van der Waals surface area (Å²) < 4.78 is 0. The molecule has 0 spiro atoms. The highest BCUT2D eigenvalue weighted by atomic mass is 16.2. The van der Waals surface area contributed by atoms with Gasteiger partial charge in [-0.1, -0.05) is 12.1 Å². The first kappa shape index (κ1) is 12.5. The van der Waals surface area contributed by atoms with Crippen LogP contribution in [0.4, 0.5) is 4.79 Å². The fourth-order valence-electron chi connectivity index (χ4n) is 2.90. The number of hydrogen-bond acceptors (Lipinski definition) is 2. The fraction of sp³-hybridized carbons (Fsp3) is 0.533. The zero-order valence-corrected chi connectivity index (χ0v) is 11.8. The average Bonchev–Trinajstić information content (AvgIpc) is 2.64. The monoisotopic (exact) mass is 259 g/mol. The number of carbonyl (C=O) groups is 1. The fourth-order valence-corrected chi connectivity index (χ4v) is 2.90. The first-order chi connectivity index (χ1) is 9.06. The van der Waals surface area contributed by atoms with Gasteiger partial charge in [0.25, 0.3) is 0 Å². The summed E-state index contributed by atoms with van der Waals surface area (Å²) in [4.78, 5) is 14.0. The molecule has 4 heteroatoms. The third-order valence-electron chi connectivity index (χ3n) is 4.40. The van der Waals surface area contributed by atoms with Crippen LogP contribution >= 0.6 is 0 Å². The van der Waals surface area contributed by atoms with Crippen LogP contribution in [0, 0.1) is 20.8 Å². The zero-order valence-electron chi connectivity index (χ0n) is 11.8. The predicted octanol–water partition coefficient (Wildman–Crippen LogP) is 1.65. The molecule has 2 aliphatic heterocycles. The first-order valence-electron chi connectivity index (χ1n) is 6.92. The Morgan fingerprint density at radius 1 is 1.11 bits per heavy atom. The number of rotatable bonds is 2. The van der Waals surface area contributed by atoms with Gasteiger partial charge in [0.05, 0.1) is 12.1 Å². The van der Waals surface area contributed by atoms with Gasteiger partial charge >= 0.3 is 6.03 Å². The molecule has 2 N–H and O–H groups in total. The molecule has 0 aliphatic carbocycles. The maximum absolute atomic E-state index is 12.0. The molecule has 1 atom stereocenters. The van der Waals surface area contributed by atoms with Crippen molar-refractivity contribution in [2.24, 2.45) is 0 Å². The van der Waals surface area contributed by atoms with Crippen LogP contribution in [0.3, 0.4) is 0 Å². The van der Waals surface area contributed by atoms with E-state index in [9.17, 15) is 4.79 Å². The van der Waals surface area contributed by atoms with E-state index in [0.717, 1.165) is 19.6 Å². The third kappa shape index (κ3) is 2.10. The Morgan fingerprint density at radius 2 is 1.79 bits per heavy atom. The van der Waals surface area contributed by atoms with Gasteiger partial charge in [-0.05, 0) is 43.0 Å². The van der Waals surface area contributed by atoms with Gasteiger partial charge in [0.1, 0.15) is 0 Å². The summed E-state index contributed by atoms with van der Waals surface area (Å²) in [7, 11) is 0. The van der Waals surface area contributed by atoms with E-state index in [4.69, 9.17) is 0 Å². The van der Waals surface area contributed by atoms with Crippen LogP contribution in [0.25, 0.3) is 0 Å². The van der Waals surface area contributed by atoms with Crippen molar-refractivity contribution in [3.05, 3.63) is 34.4 Å². The number of urea groups is 1. The molecule has 102 valence electrons. The van der Waals surface area contributed by atoms with Crippen LogP contribution in [0.15, 0.2) is 12.1 Å². The van der Waals surface area contributed by atoms with Gasteiger partial charge < -0.3 is 15.5 Å². The Kier molecular flexibility index (Phi) is 2.97. The molecule has 2 aliphatic rings. The second-order valence-electron chi connectivity index (χ2n) is 5.76. The van der Waals surface area contributed by atoms with Gasteiger partial charge in [-0.2, -0.15) is 0 Å². The van der Waals surface area contributed by atoms with E-state index < -0.39 is 0 Å². The maximum atomic E-state index is 12.0. The summed E-state index contributed by atoms with van der Waals surface area (Å²) >= 11 is 0. The van der Waals surface area contributed by atoms with Crippen LogP contribution in [-0.2, 0) is 0 Å². The molecule has 19 heavy (non-hydrogen) atoms. The largest absolute Gasteiger partial charge is 0.329 e. The number of nitrogens with zero attached hydrogens (tertiary/aromatic N) is 1. The summed E-state index contributed by atoms with van der Waals surface area (Å²) in [5.74, 6) is 0. The molecule has 4 nitrogen and oxygen atoms in total. The predicted molar refractivity (Wildman–Crippen MR) is 75.3 cm³/mol. The van der Waals surface area contributed by atoms with Crippen molar-refractivity contribution in [3.8, 4) is 0 Å². The molecule has 1 unspecified atom stereocenters. The average molecular weight is 259 g/mol. The smallest absolute Gasteiger partial charge is 0.318 e. The van der Waals surface area contributed by atoms with Crippen molar-refractivity contribution in [3.63, 3.8) is 0 Å². The van der Waals surface area contributed by atoms with Crippen LogP contribution in [0.5, 0.6) is 0 Å². The number of hydrogen-bond donors (Lipinski definition) is 2. The SMILES string of the molecule is Cc1cc(C)c(C2CN(C3CNC3)C(=O)N2)cc1C. The molecule has 2 amide bonds. The van der Waals surface area contributed by atoms with Crippen LogP contribution in [0.1, 0.15) is 28.3 Å². The highest BCUT2D eigenvalue weighted by Gasteiger charge is 2.37. The molecular weight excluding hydrogens is 238 g/mol. The number of benzene rings is 1. The van der Waals surface area contributed by atoms with Gasteiger partial charge in [0, 0.05) is 19.6 Å². The van der Waals surface area contributed by atoms with Gasteiger partial charge in [-0.25, -0.2) is 4.79 Å². The number of nitrogens with one attached hydrogen (secondary N) is 2. The molecule has 1 aromatic rings. The lowest BCUT2D eigenvalue weighted by Crippen LogP contribution is -2.57. The first-order valence-corrected chi connectivity index (χ1v) is 6.92. The van der Waals surface area contributed by atoms with E-state index in [0.29, 0.717) is 6.04 Å². The summed E-state index contributed by atoms with van der Waals surface area (Å²) in [6.45, 7) is 9.02. The standard InChI is InChI=1S/C15H21N3O/c1-9-4-11(3)13(5-10(9)2)14-8-18(15(19)17-14)12-6-16-7-12/h4-5,12,14,16H,6-8H2,1-3H3,(H,17,19). The summed E-state index contributed by atoms with van der Waals surface area (Å²) in [5, 5.41) is 6.34. The molecule has 3 rings (SSSR count). The van der Waals surface area contributed by atoms with Gasteiger partial charge in [-0.3, -0.25) is 0 Å². The van der Waals surface area contributed by atoms with E-state index in [2.05, 4.69) is 43.5 Å². The van der Waals surface area contributed by atoms with E-state index >= 15 is 0 Å². The summed E-state index contributed by atoms with van der Waals surface area (Å²) in [6, 6.07) is 5.01. The Hall–Kier alpha value is -1.55.